The summed E-state index contributed by atoms with van der Waals surface area (Å²) in [6.45, 7) is 1.24. The summed E-state index contributed by atoms with van der Waals surface area (Å²) < 4.78 is 1.83. The van der Waals surface area contributed by atoms with Crippen molar-refractivity contribution in [3.63, 3.8) is 0 Å². The number of fused-ring (bicyclic) bond motifs is 1. The van der Waals surface area contributed by atoms with Gasteiger partial charge in [-0.2, -0.15) is 0 Å². The second-order valence-corrected chi connectivity index (χ2v) is 6.65. The number of hydrogen-bond donors (Lipinski definition) is 1. The van der Waals surface area contributed by atoms with Gasteiger partial charge in [-0.05, 0) is 18.2 Å². The topological polar surface area (TPSA) is 78.7 Å². The van der Waals surface area contributed by atoms with Crippen molar-refractivity contribution < 1.29 is 14.7 Å². The lowest BCUT2D eigenvalue weighted by molar-refractivity contribution is 0.0626. The molecule has 0 aliphatic carbocycles. The number of nitrogens with zero attached hydrogens (tertiary/aromatic N) is 4. The second-order valence-electron chi connectivity index (χ2n) is 6.29. The van der Waals surface area contributed by atoms with Crippen LogP contribution in [0.4, 0.5) is 4.79 Å². The summed E-state index contributed by atoms with van der Waals surface area (Å²) in [4.78, 5) is 31.4. The van der Waals surface area contributed by atoms with Gasteiger partial charge < -0.3 is 14.9 Å². The van der Waals surface area contributed by atoms with Crippen molar-refractivity contribution in [2.75, 3.05) is 26.2 Å². The number of benzene rings is 1. The van der Waals surface area contributed by atoms with Crippen LogP contribution in [0.5, 0.6) is 0 Å². The molecule has 1 aliphatic heterocycles. The second kappa shape index (κ2) is 6.92. The van der Waals surface area contributed by atoms with Crippen LogP contribution in [-0.2, 0) is 0 Å². The highest BCUT2D eigenvalue weighted by Crippen LogP contribution is 2.33. The molecular formula is C19H17ClN4O3. The zero-order valence-electron chi connectivity index (χ0n) is 14.4. The molecule has 2 amide bonds. The standard InChI is InChI=1S/C19H17ClN4O3/c20-17-16(18(25)22-8-10-23(11-9-22)19(26)27)14-12-21-7-6-15(14)24(17)13-4-2-1-3-5-13/h1-7,12H,8-11H2,(H,26,27). The minimum absolute atomic E-state index is 0.210. The summed E-state index contributed by atoms with van der Waals surface area (Å²) in [7, 11) is 0. The van der Waals surface area contributed by atoms with E-state index >= 15 is 0 Å². The first-order valence-electron chi connectivity index (χ1n) is 8.54. The maximum absolute atomic E-state index is 13.2. The molecule has 3 aromatic rings. The summed E-state index contributed by atoms with van der Waals surface area (Å²) in [5.41, 5.74) is 2.05. The first-order chi connectivity index (χ1) is 13.1. The largest absolute Gasteiger partial charge is 0.465 e. The van der Waals surface area contributed by atoms with Gasteiger partial charge in [0.25, 0.3) is 5.91 Å². The van der Waals surface area contributed by atoms with E-state index in [9.17, 15) is 9.59 Å². The molecule has 7 nitrogen and oxygen atoms in total. The van der Waals surface area contributed by atoms with Gasteiger partial charge in [-0.3, -0.25) is 14.3 Å². The Morgan fingerprint density at radius 1 is 1.00 bits per heavy atom. The predicted molar refractivity (Wildman–Crippen MR) is 102 cm³/mol. The normalized spacial score (nSPS) is 14.6. The molecule has 1 N–H and O–H groups in total. The van der Waals surface area contributed by atoms with Gasteiger partial charge in [0.2, 0.25) is 0 Å². The lowest BCUT2D eigenvalue weighted by Gasteiger charge is -2.33. The number of carbonyl (C=O) groups excluding carboxylic acids is 1. The van der Waals surface area contributed by atoms with E-state index in [-0.39, 0.29) is 19.0 Å². The summed E-state index contributed by atoms with van der Waals surface area (Å²) in [5, 5.41) is 10.1. The molecule has 0 saturated carbocycles. The summed E-state index contributed by atoms with van der Waals surface area (Å²) in [6, 6.07) is 11.4. The van der Waals surface area contributed by atoms with Crippen molar-refractivity contribution in [1.82, 2.24) is 19.4 Å². The summed E-state index contributed by atoms with van der Waals surface area (Å²) in [6.07, 6.45) is 2.34. The van der Waals surface area contributed by atoms with E-state index in [0.717, 1.165) is 11.2 Å². The van der Waals surface area contributed by atoms with E-state index in [0.29, 0.717) is 29.2 Å². The molecular weight excluding hydrogens is 368 g/mol. The molecule has 0 atom stereocenters. The van der Waals surface area contributed by atoms with Gasteiger partial charge in [-0.1, -0.05) is 29.8 Å². The molecule has 1 fully saturated rings. The number of halogens is 1. The lowest BCUT2D eigenvalue weighted by Crippen LogP contribution is -2.50. The summed E-state index contributed by atoms with van der Waals surface area (Å²) >= 11 is 6.66. The Balaban J connectivity index is 1.76. The van der Waals surface area contributed by atoms with Gasteiger partial charge in [0.05, 0.1) is 11.1 Å². The van der Waals surface area contributed by atoms with E-state index in [1.165, 1.54) is 4.90 Å². The highest BCUT2D eigenvalue weighted by Gasteiger charge is 2.29. The Kier molecular flexibility index (Phi) is 4.45. The molecule has 0 spiro atoms. The van der Waals surface area contributed by atoms with Crippen LogP contribution >= 0.6 is 11.6 Å². The first kappa shape index (κ1) is 17.4. The van der Waals surface area contributed by atoms with E-state index in [1.54, 1.807) is 17.3 Å². The first-order valence-corrected chi connectivity index (χ1v) is 8.92. The smallest absolute Gasteiger partial charge is 0.407 e. The molecule has 8 heteroatoms. The third kappa shape index (κ3) is 3.00. The molecule has 1 aromatic carbocycles. The van der Waals surface area contributed by atoms with Gasteiger partial charge in [0.1, 0.15) is 5.15 Å². The quantitative estimate of drug-likeness (QED) is 0.736. The molecule has 1 aliphatic rings. The number of carboxylic acid groups (broad SMARTS) is 1. The fourth-order valence-corrected chi connectivity index (χ4v) is 3.77. The minimum atomic E-state index is -0.968. The zero-order chi connectivity index (χ0) is 19.0. The molecule has 2 aromatic heterocycles. The molecule has 0 bridgehead atoms. The molecule has 3 heterocycles. The van der Waals surface area contributed by atoms with Crippen LogP contribution in [0.3, 0.4) is 0 Å². The molecule has 1 saturated heterocycles. The van der Waals surface area contributed by atoms with Crippen molar-refractivity contribution in [3.8, 4) is 5.69 Å². The Labute approximate surface area is 160 Å². The third-order valence-electron chi connectivity index (χ3n) is 4.78. The number of carbonyl (C=O) groups is 2. The Bertz CT molecular complexity index is 1010. The van der Waals surface area contributed by atoms with Gasteiger partial charge in [-0.25, -0.2) is 4.79 Å². The SMILES string of the molecule is O=C(O)N1CCN(C(=O)c2c(Cl)n(-c3ccccc3)c3ccncc23)CC1. The zero-order valence-corrected chi connectivity index (χ0v) is 15.1. The van der Waals surface area contributed by atoms with Crippen LogP contribution in [0, 0.1) is 0 Å². The number of para-hydroxylation sites is 1. The molecule has 0 unspecified atom stereocenters. The average molecular weight is 385 g/mol. The van der Waals surface area contributed by atoms with E-state index < -0.39 is 6.09 Å². The minimum Gasteiger partial charge on any atom is -0.465 e. The summed E-state index contributed by atoms with van der Waals surface area (Å²) in [5.74, 6) is -0.210. The van der Waals surface area contributed by atoms with Gasteiger partial charge in [0.15, 0.2) is 0 Å². The number of aromatic nitrogens is 2. The molecule has 0 radical (unpaired) electrons. The van der Waals surface area contributed by atoms with Crippen LogP contribution in [-0.4, -0.2) is 62.6 Å². The Morgan fingerprint density at radius 2 is 1.67 bits per heavy atom. The third-order valence-corrected chi connectivity index (χ3v) is 5.13. The number of rotatable bonds is 2. The van der Waals surface area contributed by atoms with Crippen LogP contribution in [0.1, 0.15) is 10.4 Å². The predicted octanol–water partition coefficient (Wildman–Crippen LogP) is 3.11. The molecule has 4 rings (SSSR count). The van der Waals surface area contributed by atoms with Gasteiger partial charge >= 0.3 is 6.09 Å². The van der Waals surface area contributed by atoms with E-state index in [4.69, 9.17) is 16.7 Å². The Hall–Kier alpha value is -3.06. The van der Waals surface area contributed by atoms with Crippen LogP contribution < -0.4 is 0 Å². The fourth-order valence-electron chi connectivity index (χ4n) is 3.40. The van der Waals surface area contributed by atoms with E-state index in [1.807, 2.05) is 41.0 Å². The number of piperazine rings is 1. The maximum Gasteiger partial charge on any atom is 0.407 e. The number of amides is 2. The highest BCUT2D eigenvalue weighted by atomic mass is 35.5. The Morgan fingerprint density at radius 3 is 2.33 bits per heavy atom. The van der Waals surface area contributed by atoms with Gasteiger partial charge in [0, 0.05) is 49.6 Å². The number of hydrogen-bond acceptors (Lipinski definition) is 3. The lowest BCUT2D eigenvalue weighted by atomic mass is 10.2. The van der Waals surface area contributed by atoms with Crippen molar-refractivity contribution >= 4 is 34.5 Å². The monoisotopic (exact) mass is 384 g/mol. The van der Waals surface area contributed by atoms with Crippen molar-refractivity contribution in [1.29, 1.82) is 0 Å². The van der Waals surface area contributed by atoms with Gasteiger partial charge in [-0.15, -0.1) is 0 Å². The van der Waals surface area contributed by atoms with Crippen molar-refractivity contribution in [2.24, 2.45) is 0 Å². The molecule has 138 valence electrons. The van der Waals surface area contributed by atoms with Crippen LogP contribution in [0.25, 0.3) is 16.6 Å². The highest BCUT2D eigenvalue weighted by molar-refractivity contribution is 6.35. The molecule has 27 heavy (non-hydrogen) atoms. The average Bonchev–Trinajstić information content (AvgIpc) is 3.00. The van der Waals surface area contributed by atoms with E-state index in [2.05, 4.69) is 4.98 Å². The number of pyridine rings is 1. The van der Waals surface area contributed by atoms with Crippen LogP contribution in [0.2, 0.25) is 5.15 Å². The maximum atomic E-state index is 13.2. The fraction of sp³-hybridized carbons (Fsp3) is 0.211. The van der Waals surface area contributed by atoms with Crippen LogP contribution in [0.15, 0.2) is 48.8 Å². The van der Waals surface area contributed by atoms with Crippen molar-refractivity contribution in [2.45, 2.75) is 0 Å². The van der Waals surface area contributed by atoms with Crippen molar-refractivity contribution in [3.05, 3.63) is 59.5 Å².